The molecule has 0 unspecified atom stereocenters. The molecule has 0 N–H and O–H groups in total. The SMILES string of the molecule is CC(C)OCC1(CCC=CC(F)(F)C(C)(C)C)CCCCC1. The van der Waals surface area contributed by atoms with Crippen LogP contribution in [0.25, 0.3) is 0 Å². The highest BCUT2D eigenvalue weighted by Gasteiger charge is 2.40. The molecule has 0 radical (unpaired) electrons. The Morgan fingerprint density at radius 2 is 1.68 bits per heavy atom. The first kappa shape index (κ1) is 19.6. The molecule has 0 aliphatic heterocycles. The predicted octanol–water partition coefficient (Wildman–Crippen LogP) is 6.38. The van der Waals surface area contributed by atoms with Gasteiger partial charge < -0.3 is 4.74 Å². The quantitative estimate of drug-likeness (QED) is 0.495. The first-order valence-electron chi connectivity index (χ1n) is 8.75. The molecule has 1 rings (SSSR count). The summed E-state index contributed by atoms with van der Waals surface area (Å²) in [5.74, 6) is -2.75. The molecule has 0 heterocycles. The second kappa shape index (κ2) is 7.90. The van der Waals surface area contributed by atoms with Gasteiger partial charge in [-0.1, -0.05) is 46.1 Å². The zero-order valence-corrected chi connectivity index (χ0v) is 15.1. The zero-order chi connectivity index (χ0) is 16.9. The molecule has 130 valence electrons. The fraction of sp³-hybridized carbons (Fsp3) is 0.895. The number of hydrogen-bond donors (Lipinski definition) is 0. The standard InChI is InChI=1S/C19H34F2O/c1-16(2)22-15-18(11-7-6-8-12-18)13-9-10-14-19(20,21)17(3,4)5/h10,14,16H,6-9,11-13,15H2,1-5H3. The van der Waals surface area contributed by atoms with Crippen LogP contribution in [0.5, 0.6) is 0 Å². The van der Waals surface area contributed by atoms with Gasteiger partial charge in [-0.15, -0.1) is 0 Å². The Balaban J connectivity index is 2.57. The normalized spacial score (nSPS) is 20.0. The van der Waals surface area contributed by atoms with Crippen LogP contribution in [0.15, 0.2) is 12.2 Å². The summed E-state index contributed by atoms with van der Waals surface area (Å²) in [6, 6.07) is 0. The Bertz CT molecular complexity index is 347. The van der Waals surface area contributed by atoms with Gasteiger partial charge in [0, 0.05) is 5.41 Å². The third kappa shape index (κ3) is 5.98. The predicted molar refractivity (Wildman–Crippen MR) is 89.4 cm³/mol. The largest absolute Gasteiger partial charge is 0.378 e. The first-order chi connectivity index (χ1) is 10.1. The van der Waals surface area contributed by atoms with Crippen molar-refractivity contribution in [2.24, 2.45) is 10.8 Å². The van der Waals surface area contributed by atoms with Gasteiger partial charge in [0.25, 0.3) is 5.92 Å². The molecule has 1 aliphatic rings. The molecule has 0 bridgehead atoms. The highest BCUT2D eigenvalue weighted by Crippen LogP contribution is 2.41. The van der Waals surface area contributed by atoms with Crippen LogP contribution >= 0.6 is 0 Å². The third-order valence-corrected chi connectivity index (χ3v) is 4.81. The number of hydrogen-bond acceptors (Lipinski definition) is 1. The van der Waals surface area contributed by atoms with Crippen LogP contribution in [0.3, 0.4) is 0 Å². The van der Waals surface area contributed by atoms with E-state index in [2.05, 4.69) is 13.8 Å². The lowest BCUT2D eigenvalue weighted by atomic mass is 9.71. The molecule has 1 aliphatic carbocycles. The van der Waals surface area contributed by atoms with E-state index in [0.717, 1.165) is 19.1 Å². The van der Waals surface area contributed by atoms with Gasteiger partial charge in [-0.3, -0.25) is 0 Å². The number of allylic oxidation sites excluding steroid dienone is 2. The minimum Gasteiger partial charge on any atom is -0.378 e. The van der Waals surface area contributed by atoms with Crippen molar-refractivity contribution in [3.05, 3.63) is 12.2 Å². The lowest BCUT2D eigenvalue weighted by Crippen LogP contribution is -2.32. The summed E-state index contributed by atoms with van der Waals surface area (Å²) in [5, 5.41) is 0. The minimum absolute atomic E-state index is 0.198. The van der Waals surface area contributed by atoms with Crippen LogP contribution in [0.1, 0.15) is 79.6 Å². The van der Waals surface area contributed by atoms with Crippen LogP contribution in [0, 0.1) is 10.8 Å². The van der Waals surface area contributed by atoms with Crippen molar-refractivity contribution in [2.75, 3.05) is 6.61 Å². The van der Waals surface area contributed by atoms with Gasteiger partial charge in [0.2, 0.25) is 0 Å². The van der Waals surface area contributed by atoms with E-state index in [4.69, 9.17) is 4.74 Å². The summed E-state index contributed by atoms with van der Waals surface area (Å²) >= 11 is 0. The summed E-state index contributed by atoms with van der Waals surface area (Å²) in [5.41, 5.74) is -0.823. The molecule has 1 nitrogen and oxygen atoms in total. The van der Waals surface area contributed by atoms with Crippen molar-refractivity contribution in [1.82, 2.24) is 0 Å². The molecular weight excluding hydrogens is 282 g/mol. The van der Waals surface area contributed by atoms with Crippen molar-refractivity contribution in [3.63, 3.8) is 0 Å². The maximum atomic E-state index is 13.9. The van der Waals surface area contributed by atoms with E-state index in [-0.39, 0.29) is 11.5 Å². The van der Waals surface area contributed by atoms with Crippen LogP contribution in [0.2, 0.25) is 0 Å². The van der Waals surface area contributed by atoms with Crippen LogP contribution in [0.4, 0.5) is 8.78 Å². The van der Waals surface area contributed by atoms with Crippen LogP contribution in [-0.4, -0.2) is 18.6 Å². The molecule has 0 amide bonds. The van der Waals surface area contributed by atoms with Crippen molar-refractivity contribution in [2.45, 2.75) is 91.6 Å². The number of ether oxygens (including phenoxy) is 1. The van der Waals surface area contributed by atoms with Gasteiger partial charge in [0.05, 0.1) is 12.7 Å². The number of halogens is 2. The van der Waals surface area contributed by atoms with E-state index < -0.39 is 11.3 Å². The van der Waals surface area contributed by atoms with E-state index >= 15 is 0 Å². The van der Waals surface area contributed by atoms with Crippen LogP contribution < -0.4 is 0 Å². The molecule has 0 spiro atoms. The average Bonchev–Trinajstić information content (AvgIpc) is 2.41. The molecule has 1 saturated carbocycles. The fourth-order valence-corrected chi connectivity index (χ4v) is 2.98. The van der Waals surface area contributed by atoms with Gasteiger partial charge in [-0.2, -0.15) is 0 Å². The van der Waals surface area contributed by atoms with Gasteiger partial charge >= 0.3 is 0 Å². The Labute approximate surface area is 135 Å². The summed E-state index contributed by atoms with van der Waals surface area (Å²) < 4.78 is 33.7. The lowest BCUT2D eigenvalue weighted by molar-refractivity contribution is -0.0503. The van der Waals surface area contributed by atoms with Gasteiger partial charge in [-0.05, 0) is 51.0 Å². The molecule has 0 atom stereocenters. The molecule has 0 saturated heterocycles. The molecule has 3 heteroatoms. The van der Waals surface area contributed by atoms with Crippen molar-refractivity contribution in [3.8, 4) is 0 Å². The lowest BCUT2D eigenvalue weighted by Gasteiger charge is -2.37. The second-order valence-corrected chi connectivity index (χ2v) is 8.23. The number of rotatable bonds is 7. The zero-order valence-electron chi connectivity index (χ0n) is 15.1. The van der Waals surface area contributed by atoms with E-state index in [1.54, 1.807) is 26.8 Å². The Morgan fingerprint density at radius 3 is 2.18 bits per heavy atom. The summed E-state index contributed by atoms with van der Waals surface area (Å²) in [7, 11) is 0. The van der Waals surface area contributed by atoms with E-state index in [1.165, 1.54) is 32.1 Å². The summed E-state index contributed by atoms with van der Waals surface area (Å²) in [4.78, 5) is 0. The third-order valence-electron chi connectivity index (χ3n) is 4.81. The first-order valence-corrected chi connectivity index (χ1v) is 8.75. The van der Waals surface area contributed by atoms with Crippen molar-refractivity contribution >= 4 is 0 Å². The molecule has 0 aromatic rings. The monoisotopic (exact) mass is 316 g/mol. The minimum atomic E-state index is -2.75. The molecule has 0 aromatic heterocycles. The fourth-order valence-electron chi connectivity index (χ4n) is 2.98. The average molecular weight is 316 g/mol. The van der Waals surface area contributed by atoms with Crippen LogP contribution in [-0.2, 0) is 4.74 Å². The molecule has 0 aromatic carbocycles. The Morgan fingerprint density at radius 1 is 1.09 bits per heavy atom. The second-order valence-electron chi connectivity index (χ2n) is 8.23. The number of alkyl halides is 2. The highest BCUT2D eigenvalue weighted by molar-refractivity contribution is 5.01. The smallest absolute Gasteiger partial charge is 0.271 e. The topological polar surface area (TPSA) is 9.23 Å². The van der Waals surface area contributed by atoms with Crippen molar-refractivity contribution in [1.29, 1.82) is 0 Å². The molecular formula is C19H34F2O. The van der Waals surface area contributed by atoms with Gasteiger partial charge in [-0.25, -0.2) is 8.78 Å². The molecule has 22 heavy (non-hydrogen) atoms. The highest BCUT2D eigenvalue weighted by atomic mass is 19.3. The Hall–Kier alpha value is -0.440. The summed E-state index contributed by atoms with van der Waals surface area (Å²) in [6.45, 7) is 9.62. The molecule has 1 fully saturated rings. The van der Waals surface area contributed by atoms with E-state index in [9.17, 15) is 8.78 Å². The van der Waals surface area contributed by atoms with E-state index in [0.29, 0.717) is 6.42 Å². The Kier molecular flexibility index (Phi) is 7.04. The van der Waals surface area contributed by atoms with E-state index in [1.807, 2.05) is 0 Å². The van der Waals surface area contributed by atoms with Gasteiger partial charge in [0.15, 0.2) is 0 Å². The maximum absolute atomic E-state index is 13.9. The van der Waals surface area contributed by atoms with Crippen molar-refractivity contribution < 1.29 is 13.5 Å². The summed E-state index contributed by atoms with van der Waals surface area (Å²) in [6.07, 6.45) is 10.8. The maximum Gasteiger partial charge on any atom is 0.271 e. The van der Waals surface area contributed by atoms with Gasteiger partial charge in [0.1, 0.15) is 0 Å².